The van der Waals surface area contributed by atoms with Crippen molar-refractivity contribution < 1.29 is 5.11 Å². The van der Waals surface area contributed by atoms with Crippen LogP contribution in [0.2, 0.25) is 0 Å². The third-order valence-corrected chi connectivity index (χ3v) is 5.04. The van der Waals surface area contributed by atoms with Gasteiger partial charge < -0.3 is 16.2 Å². The quantitative estimate of drug-likeness (QED) is 0.550. The van der Waals surface area contributed by atoms with Crippen molar-refractivity contribution in [2.75, 3.05) is 6.54 Å². The standard InChI is InChI=1S/C16H31N3O/c1-15(2)8-10-16(20,11-9-15)12-18-14(17)19-13-6-4-3-5-7-13/h13,20H,3-12H2,1-2H3,(H3,17,18,19). The highest BCUT2D eigenvalue weighted by Gasteiger charge is 2.36. The Balaban J connectivity index is 1.79. The molecule has 4 nitrogen and oxygen atoms in total. The van der Waals surface area contributed by atoms with Gasteiger partial charge in [0.25, 0.3) is 0 Å². The van der Waals surface area contributed by atoms with E-state index in [1.807, 2.05) is 0 Å². The van der Waals surface area contributed by atoms with Gasteiger partial charge in [-0.2, -0.15) is 0 Å². The highest BCUT2D eigenvalue weighted by atomic mass is 16.3. The smallest absolute Gasteiger partial charge is 0.188 e. The summed E-state index contributed by atoms with van der Waals surface area (Å²) in [6.07, 6.45) is 10.1. The summed E-state index contributed by atoms with van der Waals surface area (Å²) in [7, 11) is 0. The summed E-state index contributed by atoms with van der Waals surface area (Å²) < 4.78 is 0. The third-order valence-electron chi connectivity index (χ3n) is 5.04. The minimum absolute atomic E-state index is 0.363. The van der Waals surface area contributed by atoms with Gasteiger partial charge in [0.1, 0.15) is 0 Å². The first-order valence-corrected chi connectivity index (χ1v) is 8.18. The van der Waals surface area contributed by atoms with Crippen molar-refractivity contribution in [3.05, 3.63) is 0 Å². The van der Waals surface area contributed by atoms with Crippen molar-refractivity contribution in [1.82, 2.24) is 5.32 Å². The number of hydrogen-bond donors (Lipinski definition) is 3. The minimum Gasteiger partial charge on any atom is -0.388 e. The first-order valence-electron chi connectivity index (χ1n) is 8.18. The highest BCUT2D eigenvalue weighted by Crippen LogP contribution is 2.40. The van der Waals surface area contributed by atoms with Crippen LogP contribution in [0, 0.1) is 5.41 Å². The van der Waals surface area contributed by atoms with Gasteiger partial charge in [-0.05, 0) is 43.9 Å². The molecule has 0 heterocycles. The van der Waals surface area contributed by atoms with E-state index in [-0.39, 0.29) is 0 Å². The Morgan fingerprint density at radius 2 is 1.75 bits per heavy atom. The second-order valence-corrected chi connectivity index (χ2v) is 7.57. The lowest BCUT2D eigenvalue weighted by Crippen LogP contribution is -2.44. The van der Waals surface area contributed by atoms with Crippen LogP contribution in [-0.4, -0.2) is 29.3 Å². The zero-order chi connectivity index (χ0) is 14.6. The van der Waals surface area contributed by atoms with Crippen LogP contribution in [0.3, 0.4) is 0 Å². The van der Waals surface area contributed by atoms with Gasteiger partial charge in [0.2, 0.25) is 0 Å². The predicted octanol–water partition coefficient (Wildman–Crippen LogP) is 2.55. The van der Waals surface area contributed by atoms with Crippen LogP contribution < -0.4 is 11.1 Å². The fraction of sp³-hybridized carbons (Fsp3) is 0.938. The summed E-state index contributed by atoms with van der Waals surface area (Å²) in [5, 5.41) is 13.9. The molecule has 0 aromatic heterocycles. The van der Waals surface area contributed by atoms with E-state index < -0.39 is 5.60 Å². The Kier molecular flexibility index (Phi) is 4.95. The van der Waals surface area contributed by atoms with Crippen LogP contribution in [0.4, 0.5) is 0 Å². The number of nitrogens with one attached hydrogen (secondary N) is 1. The molecular weight excluding hydrogens is 250 g/mol. The molecule has 0 aliphatic heterocycles. The van der Waals surface area contributed by atoms with Crippen LogP contribution in [0.1, 0.15) is 71.6 Å². The molecule has 0 spiro atoms. The topological polar surface area (TPSA) is 70.6 Å². The van der Waals surface area contributed by atoms with E-state index in [0.29, 0.717) is 24.0 Å². The van der Waals surface area contributed by atoms with E-state index >= 15 is 0 Å². The molecule has 0 unspecified atom stereocenters. The lowest BCUT2D eigenvalue weighted by atomic mass is 9.71. The number of rotatable bonds is 3. The molecule has 2 fully saturated rings. The normalized spacial score (nSPS) is 27.2. The Bertz CT molecular complexity index is 336. The third kappa shape index (κ3) is 4.65. The molecule has 0 saturated heterocycles. The molecule has 2 rings (SSSR count). The SMILES string of the molecule is CC1(C)CCC(O)(CN=C(N)NC2CCCCC2)CC1. The first kappa shape index (κ1) is 15.6. The summed E-state index contributed by atoms with van der Waals surface area (Å²) >= 11 is 0. The van der Waals surface area contributed by atoms with Crippen molar-refractivity contribution >= 4 is 5.96 Å². The molecule has 20 heavy (non-hydrogen) atoms. The lowest BCUT2D eigenvalue weighted by molar-refractivity contribution is -0.0175. The van der Waals surface area contributed by atoms with Gasteiger partial charge in [-0.3, -0.25) is 4.99 Å². The Labute approximate surface area is 123 Å². The van der Waals surface area contributed by atoms with Gasteiger partial charge in [0.15, 0.2) is 5.96 Å². The van der Waals surface area contributed by atoms with Crippen LogP contribution in [0.5, 0.6) is 0 Å². The minimum atomic E-state index is -0.644. The maximum atomic E-state index is 10.6. The number of nitrogens with zero attached hydrogens (tertiary/aromatic N) is 1. The first-order chi connectivity index (χ1) is 9.39. The average molecular weight is 281 g/mol. The summed E-state index contributed by atoms with van der Waals surface area (Å²) in [5.41, 5.74) is 5.68. The number of aliphatic imine (C=N–C) groups is 1. The summed E-state index contributed by atoms with van der Waals surface area (Å²) in [5.74, 6) is 0.509. The Morgan fingerprint density at radius 1 is 1.15 bits per heavy atom. The van der Waals surface area contributed by atoms with Gasteiger partial charge in [0, 0.05) is 6.04 Å². The van der Waals surface area contributed by atoms with E-state index in [4.69, 9.17) is 5.73 Å². The van der Waals surface area contributed by atoms with E-state index in [2.05, 4.69) is 24.2 Å². The fourth-order valence-electron chi connectivity index (χ4n) is 3.28. The molecule has 0 aromatic rings. The van der Waals surface area contributed by atoms with Crippen molar-refractivity contribution in [2.45, 2.75) is 83.3 Å². The van der Waals surface area contributed by atoms with Crippen LogP contribution in [0.15, 0.2) is 4.99 Å². The molecule has 0 bridgehead atoms. The van der Waals surface area contributed by atoms with Crippen molar-refractivity contribution in [1.29, 1.82) is 0 Å². The molecule has 4 N–H and O–H groups in total. The summed E-state index contributed by atoms with van der Waals surface area (Å²) in [6, 6.07) is 0.479. The molecule has 2 saturated carbocycles. The van der Waals surface area contributed by atoms with E-state index in [9.17, 15) is 5.11 Å². The highest BCUT2D eigenvalue weighted by molar-refractivity contribution is 5.78. The van der Waals surface area contributed by atoms with Gasteiger partial charge in [-0.1, -0.05) is 33.1 Å². The number of guanidine groups is 1. The molecule has 2 aliphatic carbocycles. The second kappa shape index (κ2) is 6.33. The van der Waals surface area contributed by atoms with Gasteiger partial charge >= 0.3 is 0 Å². The van der Waals surface area contributed by atoms with Crippen LogP contribution >= 0.6 is 0 Å². The predicted molar refractivity (Wildman–Crippen MR) is 83.7 cm³/mol. The van der Waals surface area contributed by atoms with Crippen LogP contribution in [-0.2, 0) is 0 Å². The molecule has 4 heteroatoms. The van der Waals surface area contributed by atoms with E-state index in [1.54, 1.807) is 0 Å². The molecule has 0 atom stereocenters. The van der Waals surface area contributed by atoms with E-state index in [0.717, 1.165) is 25.7 Å². The van der Waals surface area contributed by atoms with Crippen molar-refractivity contribution in [3.63, 3.8) is 0 Å². The molecular formula is C16H31N3O. The number of aliphatic hydroxyl groups is 1. The monoisotopic (exact) mass is 281 g/mol. The summed E-state index contributed by atoms with van der Waals surface area (Å²) in [4.78, 5) is 4.39. The van der Waals surface area contributed by atoms with Crippen LogP contribution in [0.25, 0.3) is 0 Å². The number of hydrogen-bond acceptors (Lipinski definition) is 2. The van der Waals surface area contributed by atoms with E-state index in [1.165, 1.54) is 32.1 Å². The average Bonchev–Trinajstić information content (AvgIpc) is 2.42. The zero-order valence-electron chi connectivity index (χ0n) is 13.1. The lowest BCUT2D eigenvalue weighted by Gasteiger charge is -2.39. The van der Waals surface area contributed by atoms with Crippen molar-refractivity contribution in [3.8, 4) is 0 Å². The molecule has 2 aliphatic rings. The Morgan fingerprint density at radius 3 is 2.35 bits per heavy atom. The van der Waals surface area contributed by atoms with Gasteiger partial charge in [-0.25, -0.2) is 0 Å². The maximum Gasteiger partial charge on any atom is 0.188 e. The van der Waals surface area contributed by atoms with Gasteiger partial charge in [-0.15, -0.1) is 0 Å². The molecule has 0 radical (unpaired) electrons. The largest absolute Gasteiger partial charge is 0.388 e. The van der Waals surface area contributed by atoms with Gasteiger partial charge in [0.05, 0.1) is 12.1 Å². The second-order valence-electron chi connectivity index (χ2n) is 7.57. The maximum absolute atomic E-state index is 10.6. The summed E-state index contributed by atoms with van der Waals surface area (Å²) in [6.45, 7) is 4.98. The molecule has 0 aromatic carbocycles. The zero-order valence-corrected chi connectivity index (χ0v) is 13.1. The fourth-order valence-corrected chi connectivity index (χ4v) is 3.28. The number of nitrogens with two attached hydrogens (primary N) is 1. The Hall–Kier alpha value is -0.770. The molecule has 0 amide bonds. The van der Waals surface area contributed by atoms with Crippen molar-refractivity contribution in [2.24, 2.45) is 16.1 Å². The molecule has 116 valence electrons.